The second-order valence-corrected chi connectivity index (χ2v) is 4.02. The maximum Gasteiger partial charge on any atom is 0.151 e. The van der Waals surface area contributed by atoms with Crippen LogP contribution >= 0.6 is 0 Å². The van der Waals surface area contributed by atoms with Gasteiger partial charge in [-0.1, -0.05) is 12.1 Å². The average molecular weight is 259 g/mol. The van der Waals surface area contributed by atoms with E-state index in [1.807, 2.05) is 6.07 Å². The first kappa shape index (κ1) is 12.8. The Morgan fingerprint density at radius 2 is 1.68 bits per heavy atom. The van der Waals surface area contributed by atoms with Gasteiger partial charge < -0.3 is 11.1 Å². The second kappa shape index (κ2) is 5.36. The number of hydrogen-bond acceptors (Lipinski definition) is 3. The van der Waals surface area contributed by atoms with Gasteiger partial charge in [-0.25, -0.2) is 8.78 Å². The van der Waals surface area contributed by atoms with Crippen molar-refractivity contribution in [2.24, 2.45) is 0 Å². The van der Waals surface area contributed by atoms with Crippen LogP contribution < -0.4 is 11.1 Å². The molecule has 0 saturated carbocycles. The highest BCUT2D eigenvalue weighted by Crippen LogP contribution is 2.22. The van der Waals surface area contributed by atoms with Crippen LogP contribution in [-0.4, -0.2) is 0 Å². The van der Waals surface area contributed by atoms with Gasteiger partial charge in [0.25, 0.3) is 0 Å². The number of nitriles is 1. The van der Waals surface area contributed by atoms with Crippen LogP contribution in [0.4, 0.5) is 20.2 Å². The first-order chi connectivity index (χ1) is 9.10. The molecule has 19 heavy (non-hydrogen) atoms. The summed E-state index contributed by atoms with van der Waals surface area (Å²) in [6, 6.07) is 10.9. The van der Waals surface area contributed by atoms with Crippen LogP contribution in [0, 0.1) is 23.0 Å². The highest BCUT2D eigenvalue weighted by atomic mass is 19.1. The molecule has 2 aromatic carbocycles. The third-order valence-electron chi connectivity index (χ3n) is 2.62. The Labute approximate surface area is 109 Å². The van der Waals surface area contributed by atoms with Crippen LogP contribution in [-0.2, 0) is 6.54 Å². The Morgan fingerprint density at radius 1 is 1.11 bits per heavy atom. The minimum absolute atomic E-state index is 0.0407. The summed E-state index contributed by atoms with van der Waals surface area (Å²) >= 11 is 0. The first-order valence-corrected chi connectivity index (χ1v) is 5.57. The first-order valence-electron chi connectivity index (χ1n) is 5.57. The van der Waals surface area contributed by atoms with Crippen molar-refractivity contribution in [2.45, 2.75) is 6.54 Å². The van der Waals surface area contributed by atoms with Crippen LogP contribution in [0.2, 0.25) is 0 Å². The van der Waals surface area contributed by atoms with E-state index >= 15 is 0 Å². The molecule has 0 atom stereocenters. The van der Waals surface area contributed by atoms with Gasteiger partial charge in [-0.15, -0.1) is 0 Å². The van der Waals surface area contributed by atoms with E-state index in [9.17, 15) is 8.78 Å². The number of nitrogens with two attached hydrogens (primary N) is 1. The zero-order valence-corrected chi connectivity index (χ0v) is 9.95. The zero-order chi connectivity index (χ0) is 13.8. The molecule has 0 spiro atoms. The van der Waals surface area contributed by atoms with E-state index in [0.717, 1.165) is 17.7 Å². The Hall–Kier alpha value is -2.61. The minimum Gasteiger partial charge on any atom is -0.399 e. The largest absolute Gasteiger partial charge is 0.399 e. The summed E-state index contributed by atoms with van der Waals surface area (Å²) in [5.41, 5.74) is 6.51. The van der Waals surface area contributed by atoms with Gasteiger partial charge in [0, 0.05) is 12.2 Å². The molecule has 0 unspecified atom stereocenters. The van der Waals surface area contributed by atoms with E-state index in [4.69, 9.17) is 11.0 Å². The van der Waals surface area contributed by atoms with Crippen LogP contribution in [0.3, 0.4) is 0 Å². The van der Waals surface area contributed by atoms with Crippen molar-refractivity contribution < 1.29 is 8.78 Å². The summed E-state index contributed by atoms with van der Waals surface area (Å²) in [6.07, 6.45) is 0. The maximum absolute atomic E-state index is 13.5. The quantitative estimate of drug-likeness (QED) is 0.833. The molecule has 0 aliphatic rings. The lowest BCUT2D eigenvalue weighted by Crippen LogP contribution is -2.04. The standard InChI is InChI=1S/C14H11F2N3/c15-12-5-11(18)6-13(16)14(12)19-8-10-3-1-9(7-17)2-4-10/h1-6,19H,8,18H2. The fraction of sp³-hybridized carbons (Fsp3) is 0.0714. The number of rotatable bonds is 3. The molecule has 0 radical (unpaired) electrons. The lowest BCUT2D eigenvalue weighted by Gasteiger charge is -2.09. The highest BCUT2D eigenvalue weighted by molar-refractivity contribution is 5.54. The Morgan fingerprint density at radius 3 is 2.21 bits per heavy atom. The molecular weight excluding hydrogens is 248 g/mol. The minimum atomic E-state index is -0.730. The van der Waals surface area contributed by atoms with Crippen molar-refractivity contribution in [3.05, 3.63) is 59.2 Å². The molecule has 0 saturated heterocycles. The molecule has 3 N–H and O–H groups in total. The van der Waals surface area contributed by atoms with Gasteiger partial charge in [0.15, 0.2) is 11.6 Å². The SMILES string of the molecule is N#Cc1ccc(CNc2c(F)cc(N)cc2F)cc1. The number of nitrogens with zero attached hydrogens (tertiary/aromatic N) is 1. The Kier molecular flexibility index (Phi) is 3.62. The van der Waals surface area contributed by atoms with E-state index in [2.05, 4.69) is 5.32 Å². The van der Waals surface area contributed by atoms with Crippen molar-refractivity contribution in [2.75, 3.05) is 11.1 Å². The molecule has 3 nitrogen and oxygen atoms in total. The van der Waals surface area contributed by atoms with Gasteiger partial charge in [0.05, 0.1) is 11.6 Å². The molecule has 0 aliphatic carbocycles. The van der Waals surface area contributed by atoms with Gasteiger partial charge in [-0.2, -0.15) is 5.26 Å². The number of benzene rings is 2. The second-order valence-electron chi connectivity index (χ2n) is 4.02. The third-order valence-corrected chi connectivity index (χ3v) is 2.62. The van der Waals surface area contributed by atoms with E-state index in [0.29, 0.717) is 5.56 Å². The molecule has 0 amide bonds. The molecule has 0 fully saturated rings. The summed E-state index contributed by atoms with van der Waals surface area (Å²) < 4.78 is 27.0. The lowest BCUT2D eigenvalue weighted by molar-refractivity contribution is 0.589. The van der Waals surface area contributed by atoms with Crippen LogP contribution in [0.1, 0.15) is 11.1 Å². The Balaban J connectivity index is 2.12. The average Bonchev–Trinajstić information content (AvgIpc) is 2.38. The van der Waals surface area contributed by atoms with E-state index < -0.39 is 11.6 Å². The molecule has 0 bridgehead atoms. The van der Waals surface area contributed by atoms with E-state index in [-0.39, 0.29) is 17.9 Å². The number of nitrogen functional groups attached to an aromatic ring is 1. The normalized spacial score (nSPS) is 9.95. The summed E-state index contributed by atoms with van der Waals surface area (Å²) in [7, 11) is 0. The smallest absolute Gasteiger partial charge is 0.151 e. The lowest BCUT2D eigenvalue weighted by atomic mass is 10.1. The van der Waals surface area contributed by atoms with Crippen molar-refractivity contribution in [3.8, 4) is 6.07 Å². The van der Waals surface area contributed by atoms with Crippen LogP contribution in [0.25, 0.3) is 0 Å². The molecule has 0 heterocycles. The summed E-state index contributed by atoms with van der Waals surface area (Å²) in [4.78, 5) is 0. The number of halogens is 2. The predicted molar refractivity (Wildman–Crippen MR) is 69.3 cm³/mol. The summed E-state index contributed by atoms with van der Waals surface area (Å²) in [6.45, 7) is 0.253. The Bertz CT molecular complexity index is 607. The van der Waals surface area contributed by atoms with Crippen LogP contribution in [0.5, 0.6) is 0 Å². The number of hydrogen-bond donors (Lipinski definition) is 2. The number of anilines is 2. The fourth-order valence-corrected chi connectivity index (χ4v) is 1.65. The molecule has 2 aromatic rings. The maximum atomic E-state index is 13.5. The van der Waals surface area contributed by atoms with Crippen molar-refractivity contribution in [1.82, 2.24) is 0 Å². The zero-order valence-electron chi connectivity index (χ0n) is 9.95. The fourth-order valence-electron chi connectivity index (χ4n) is 1.65. The van der Waals surface area contributed by atoms with Gasteiger partial charge in [-0.3, -0.25) is 0 Å². The molecule has 2 rings (SSSR count). The van der Waals surface area contributed by atoms with Gasteiger partial charge in [0.2, 0.25) is 0 Å². The van der Waals surface area contributed by atoms with Crippen molar-refractivity contribution in [1.29, 1.82) is 5.26 Å². The molecule has 96 valence electrons. The van der Waals surface area contributed by atoms with Gasteiger partial charge in [0.1, 0.15) is 5.69 Å². The summed E-state index contributed by atoms with van der Waals surface area (Å²) in [5.74, 6) is -1.46. The van der Waals surface area contributed by atoms with Gasteiger partial charge >= 0.3 is 0 Å². The highest BCUT2D eigenvalue weighted by Gasteiger charge is 2.09. The van der Waals surface area contributed by atoms with Crippen LogP contribution in [0.15, 0.2) is 36.4 Å². The topological polar surface area (TPSA) is 61.8 Å². The molecule has 5 heteroatoms. The number of nitrogens with one attached hydrogen (secondary N) is 1. The summed E-state index contributed by atoms with van der Waals surface area (Å²) in [5, 5.41) is 11.3. The van der Waals surface area contributed by atoms with Gasteiger partial charge in [-0.05, 0) is 29.8 Å². The van der Waals surface area contributed by atoms with Crippen molar-refractivity contribution >= 4 is 11.4 Å². The molecule has 0 aliphatic heterocycles. The van der Waals surface area contributed by atoms with E-state index in [1.54, 1.807) is 24.3 Å². The molecule has 0 aromatic heterocycles. The monoisotopic (exact) mass is 259 g/mol. The predicted octanol–water partition coefficient (Wildman–Crippen LogP) is 3.03. The van der Waals surface area contributed by atoms with E-state index in [1.165, 1.54) is 0 Å². The van der Waals surface area contributed by atoms with Crippen molar-refractivity contribution in [3.63, 3.8) is 0 Å². The molecular formula is C14H11F2N3. The third kappa shape index (κ3) is 2.99.